The molecule has 0 spiro atoms. The van der Waals surface area contributed by atoms with Crippen LogP contribution in [0.1, 0.15) is 22.6 Å². The number of carbonyl (C=O) groups is 1. The summed E-state index contributed by atoms with van der Waals surface area (Å²) in [7, 11) is 0. The van der Waals surface area contributed by atoms with Gasteiger partial charge in [0.25, 0.3) is 5.91 Å². The van der Waals surface area contributed by atoms with Crippen LogP contribution in [0.25, 0.3) is 0 Å². The molecule has 0 unspecified atom stereocenters. The maximum Gasteiger partial charge on any atom is 0.271 e. The van der Waals surface area contributed by atoms with Gasteiger partial charge in [-0.2, -0.15) is 0 Å². The lowest BCUT2D eigenvalue weighted by Gasteiger charge is -2.07. The van der Waals surface area contributed by atoms with Gasteiger partial charge in [-0.15, -0.1) is 0 Å². The van der Waals surface area contributed by atoms with Gasteiger partial charge in [0.05, 0.1) is 18.5 Å². The first-order valence-corrected chi connectivity index (χ1v) is 6.61. The van der Waals surface area contributed by atoms with Crippen LogP contribution in [0, 0.1) is 12.7 Å². The van der Waals surface area contributed by atoms with Crippen molar-refractivity contribution in [1.29, 1.82) is 0 Å². The van der Waals surface area contributed by atoms with Crippen molar-refractivity contribution in [2.75, 3.05) is 13.2 Å². The minimum absolute atomic E-state index is 0.216. The van der Waals surface area contributed by atoms with E-state index in [1.54, 1.807) is 25.1 Å². The van der Waals surface area contributed by atoms with Gasteiger partial charge in [-0.25, -0.2) is 9.37 Å². The Kier molecular flexibility index (Phi) is 5.20. The number of hydrogen-bond acceptors (Lipinski definition) is 4. The van der Waals surface area contributed by atoms with Gasteiger partial charge in [0.1, 0.15) is 5.69 Å². The number of carbonyl (C=O) groups excluding carboxylic acids is 1. The first-order valence-electron chi connectivity index (χ1n) is 6.61. The van der Waals surface area contributed by atoms with E-state index < -0.39 is 5.82 Å². The Balaban J connectivity index is 1.69. The summed E-state index contributed by atoms with van der Waals surface area (Å²) >= 11 is 0. The van der Waals surface area contributed by atoms with Crippen molar-refractivity contribution in [3.63, 3.8) is 0 Å². The molecular formula is C15H16FN3O2. The molecule has 2 rings (SSSR count). The number of nitrogens with zero attached hydrogens (tertiary/aromatic N) is 2. The normalized spacial score (nSPS) is 10.2. The highest BCUT2D eigenvalue weighted by Gasteiger charge is 2.06. The van der Waals surface area contributed by atoms with Gasteiger partial charge >= 0.3 is 0 Å². The Morgan fingerprint density at radius 1 is 1.29 bits per heavy atom. The lowest BCUT2D eigenvalue weighted by molar-refractivity contribution is 0.0946. The maximum absolute atomic E-state index is 13.3. The number of halogens is 1. The van der Waals surface area contributed by atoms with Gasteiger partial charge in [-0.3, -0.25) is 9.78 Å². The number of rotatable bonds is 6. The predicted octanol–water partition coefficient (Wildman–Crippen LogP) is 2.12. The number of nitrogens with one attached hydrogen (secondary N) is 1. The molecule has 1 amide bonds. The molecule has 0 atom stereocenters. The van der Waals surface area contributed by atoms with Crippen molar-refractivity contribution < 1.29 is 13.9 Å². The molecule has 0 saturated heterocycles. The number of benzene rings is 1. The van der Waals surface area contributed by atoms with E-state index in [1.165, 1.54) is 18.5 Å². The molecule has 21 heavy (non-hydrogen) atoms. The van der Waals surface area contributed by atoms with Crippen LogP contribution in [0.5, 0.6) is 5.75 Å². The van der Waals surface area contributed by atoms with Crippen LogP contribution in [0.3, 0.4) is 0 Å². The van der Waals surface area contributed by atoms with Crippen LogP contribution in [-0.2, 0) is 0 Å². The summed E-state index contributed by atoms with van der Waals surface area (Å²) in [6, 6.07) is 6.21. The fourth-order valence-corrected chi connectivity index (χ4v) is 1.62. The van der Waals surface area contributed by atoms with Gasteiger partial charge in [0.2, 0.25) is 0 Å². The second-order valence-corrected chi connectivity index (χ2v) is 4.43. The summed E-state index contributed by atoms with van der Waals surface area (Å²) in [5, 5.41) is 2.70. The Morgan fingerprint density at radius 3 is 2.81 bits per heavy atom. The van der Waals surface area contributed by atoms with Crippen molar-refractivity contribution in [3.8, 4) is 5.75 Å². The molecule has 1 aromatic carbocycles. The molecule has 110 valence electrons. The SMILES string of the molecule is Cc1cnc(C(=O)NCCCOc2ccccc2F)cn1. The number of aryl methyl sites for hydroxylation is 1. The molecule has 2 aromatic rings. The quantitative estimate of drug-likeness (QED) is 0.827. The standard InChI is InChI=1S/C15H16FN3O2/c1-11-9-19-13(10-18-11)15(20)17-7-4-8-21-14-6-3-2-5-12(14)16/h2-3,5-6,9-10H,4,7-8H2,1H3,(H,17,20). The van der Waals surface area contributed by atoms with Crippen LogP contribution in [0.2, 0.25) is 0 Å². The van der Waals surface area contributed by atoms with Crippen molar-refractivity contribution in [1.82, 2.24) is 15.3 Å². The monoisotopic (exact) mass is 289 g/mol. The van der Waals surface area contributed by atoms with E-state index >= 15 is 0 Å². The molecule has 1 heterocycles. The van der Waals surface area contributed by atoms with E-state index in [1.807, 2.05) is 0 Å². The number of para-hydroxylation sites is 1. The van der Waals surface area contributed by atoms with Gasteiger partial charge in [-0.1, -0.05) is 12.1 Å². The van der Waals surface area contributed by atoms with E-state index in [4.69, 9.17) is 4.74 Å². The molecule has 1 aromatic heterocycles. The zero-order chi connectivity index (χ0) is 15.1. The van der Waals surface area contributed by atoms with Crippen LogP contribution in [0.4, 0.5) is 4.39 Å². The Morgan fingerprint density at radius 2 is 2.10 bits per heavy atom. The number of hydrogen-bond donors (Lipinski definition) is 1. The fourth-order valence-electron chi connectivity index (χ4n) is 1.62. The van der Waals surface area contributed by atoms with Crippen molar-refractivity contribution >= 4 is 5.91 Å². The molecule has 0 bridgehead atoms. The van der Waals surface area contributed by atoms with E-state index in [0.29, 0.717) is 19.6 Å². The lowest BCUT2D eigenvalue weighted by Crippen LogP contribution is -2.26. The molecule has 0 aliphatic rings. The zero-order valence-corrected chi connectivity index (χ0v) is 11.7. The molecule has 0 aliphatic heterocycles. The zero-order valence-electron chi connectivity index (χ0n) is 11.7. The first kappa shape index (κ1) is 14.9. The molecule has 0 radical (unpaired) electrons. The number of ether oxygens (including phenoxy) is 1. The molecule has 0 saturated carbocycles. The third-order valence-electron chi connectivity index (χ3n) is 2.71. The summed E-state index contributed by atoms with van der Waals surface area (Å²) < 4.78 is 18.6. The van der Waals surface area contributed by atoms with Crippen molar-refractivity contribution in [2.24, 2.45) is 0 Å². The Hall–Kier alpha value is -2.50. The average molecular weight is 289 g/mol. The minimum atomic E-state index is -0.392. The van der Waals surface area contributed by atoms with Crippen LogP contribution < -0.4 is 10.1 Å². The molecule has 0 fully saturated rings. The van der Waals surface area contributed by atoms with E-state index in [9.17, 15) is 9.18 Å². The molecule has 6 heteroatoms. The third kappa shape index (κ3) is 4.52. The smallest absolute Gasteiger partial charge is 0.271 e. The van der Waals surface area contributed by atoms with E-state index in [-0.39, 0.29) is 17.4 Å². The minimum Gasteiger partial charge on any atom is -0.490 e. The van der Waals surface area contributed by atoms with Crippen LogP contribution >= 0.6 is 0 Å². The molecule has 5 nitrogen and oxygen atoms in total. The van der Waals surface area contributed by atoms with Crippen LogP contribution in [-0.4, -0.2) is 29.0 Å². The fraction of sp³-hybridized carbons (Fsp3) is 0.267. The van der Waals surface area contributed by atoms with Crippen LogP contribution in [0.15, 0.2) is 36.7 Å². The largest absolute Gasteiger partial charge is 0.490 e. The van der Waals surface area contributed by atoms with Gasteiger partial charge in [0.15, 0.2) is 11.6 Å². The first-order chi connectivity index (χ1) is 10.2. The highest BCUT2D eigenvalue weighted by Crippen LogP contribution is 2.15. The topological polar surface area (TPSA) is 64.1 Å². The second kappa shape index (κ2) is 7.33. The summed E-state index contributed by atoms with van der Waals surface area (Å²) in [4.78, 5) is 19.7. The summed E-state index contributed by atoms with van der Waals surface area (Å²) in [6.07, 6.45) is 3.54. The number of amides is 1. The molecule has 1 N–H and O–H groups in total. The lowest BCUT2D eigenvalue weighted by atomic mass is 10.3. The average Bonchev–Trinajstić information content (AvgIpc) is 2.49. The molecule has 0 aliphatic carbocycles. The maximum atomic E-state index is 13.3. The summed E-state index contributed by atoms with van der Waals surface area (Å²) in [5.74, 6) is -0.460. The van der Waals surface area contributed by atoms with Crippen molar-refractivity contribution in [2.45, 2.75) is 13.3 Å². The highest BCUT2D eigenvalue weighted by atomic mass is 19.1. The van der Waals surface area contributed by atoms with E-state index in [2.05, 4.69) is 15.3 Å². The van der Waals surface area contributed by atoms with Gasteiger partial charge in [0, 0.05) is 12.7 Å². The summed E-state index contributed by atoms with van der Waals surface area (Å²) in [5.41, 5.74) is 1.03. The highest BCUT2D eigenvalue weighted by molar-refractivity contribution is 5.91. The van der Waals surface area contributed by atoms with E-state index in [0.717, 1.165) is 5.69 Å². The van der Waals surface area contributed by atoms with Crippen molar-refractivity contribution in [3.05, 3.63) is 53.9 Å². The Labute approximate surface area is 122 Å². The summed E-state index contributed by atoms with van der Waals surface area (Å²) in [6.45, 7) is 2.54. The molecular weight excluding hydrogens is 273 g/mol. The van der Waals surface area contributed by atoms with Gasteiger partial charge in [-0.05, 0) is 25.5 Å². The second-order valence-electron chi connectivity index (χ2n) is 4.43. The Bertz CT molecular complexity index is 602. The predicted molar refractivity (Wildman–Crippen MR) is 75.6 cm³/mol. The van der Waals surface area contributed by atoms with Gasteiger partial charge < -0.3 is 10.1 Å². The third-order valence-corrected chi connectivity index (χ3v) is 2.71. The number of aromatic nitrogens is 2.